The van der Waals surface area contributed by atoms with E-state index in [9.17, 15) is 10.1 Å². The molecule has 0 amide bonds. The SMILES string of the molecule is N#Cc1cccc(-c2ccc(=O)n(Cc3cccc(-c4ncc(N5CCN(CC6CNC6)CC5)cn4)c3)n2)c1. The number of anilines is 1. The van der Waals surface area contributed by atoms with E-state index in [0.29, 0.717) is 23.6 Å². The van der Waals surface area contributed by atoms with Crippen LogP contribution in [0.3, 0.4) is 0 Å². The van der Waals surface area contributed by atoms with E-state index in [1.165, 1.54) is 17.3 Å². The molecule has 1 N–H and O–H groups in total. The number of piperazine rings is 1. The maximum atomic E-state index is 12.6. The number of nitrogens with one attached hydrogen (secondary N) is 1. The quantitative estimate of drug-likeness (QED) is 0.398. The topological polar surface area (TPSA) is 103 Å². The van der Waals surface area contributed by atoms with Gasteiger partial charge in [0.25, 0.3) is 5.56 Å². The number of aromatic nitrogens is 4. The van der Waals surface area contributed by atoms with Gasteiger partial charge in [-0.2, -0.15) is 10.4 Å². The lowest BCUT2D eigenvalue weighted by Crippen LogP contribution is -2.53. The molecule has 39 heavy (non-hydrogen) atoms. The van der Waals surface area contributed by atoms with E-state index in [0.717, 1.165) is 67.6 Å². The molecule has 4 aromatic rings. The van der Waals surface area contributed by atoms with Crippen LogP contribution < -0.4 is 15.8 Å². The van der Waals surface area contributed by atoms with Crippen molar-refractivity contribution in [3.8, 4) is 28.7 Å². The average Bonchev–Trinajstić information content (AvgIpc) is 2.97. The molecular weight excluding hydrogens is 488 g/mol. The van der Waals surface area contributed by atoms with Crippen molar-refractivity contribution in [2.24, 2.45) is 5.92 Å². The highest BCUT2D eigenvalue weighted by molar-refractivity contribution is 5.61. The molecule has 0 atom stereocenters. The molecule has 6 rings (SSSR count). The Morgan fingerprint density at radius 2 is 1.69 bits per heavy atom. The minimum Gasteiger partial charge on any atom is -0.366 e. The van der Waals surface area contributed by atoms with Crippen LogP contribution in [0.15, 0.2) is 77.9 Å². The van der Waals surface area contributed by atoms with Crippen molar-refractivity contribution in [2.75, 3.05) is 50.7 Å². The third-order valence-corrected chi connectivity index (χ3v) is 7.43. The first-order valence-corrected chi connectivity index (χ1v) is 13.3. The number of benzene rings is 2. The first kappa shape index (κ1) is 24.9. The molecule has 196 valence electrons. The lowest BCUT2D eigenvalue weighted by molar-refractivity contribution is 0.184. The second-order valence-corrected chi connectivity index (χ2v) is 10.2. The second-order valence-electron chi connectivity index (χ2n) is 10.2. The molecule has 9 nitrogen and oxygen atoms in total. The molecule has 0 spiro atoms. The average molecular weight is 519 g/mol. The van der Waals surface area contributed by atoms with Gasteiger partial charge in [0.15, 0.2) is 5.82 Å². The molecule has 0 unspecified atom stereocenters. The number of rotatable bonds is 7. The first-order valence-electron chi connectivity index (χ1n) is 13.3. The Balaban J connectivity index is 1.14. The third-order valence-electron chi connectivity index (χ3n) is 7.43. The summed E-state index contributed by atoms with van der Waals surface area (Å²) in [5.41, 5.74) is 4.66. The Morgan fingerprint density at radius 3 is 2.44 bits per heavy atom. The summed E-state index contributed by atoms with van der Waals surface area (Å²) >= 11 is 0. The predicted molar refractivity (Wildman–Crippen MR) is 150 cm³/mol. The van der Waals surface area contributed by atoms with Crippen molar-refractivity contribution in [1.29, 1.82) is 5.26 Å². The molecule has 0 radical (unpaired) electrons. The smallest absolute Gasteiger partial charge is 0.267 e. The van der Waals surface area contributed by atoms with Crippen LogP contribution in [-0.4, -0.2) is 70.5 Å². The summed E-state index contributed by atoms with van der Waals surface area (Å²) in [5.74, 6) is 1.45. The molecule has 0 aliphatic carbocycles. The van der Waals surface area contributed by atoms with Crippen molar-refractivity contribution in [2.45, 2.75) is 6.54 Å². The molecular formula is C30H30N8O. The van der Waals surface area contributed by atoms with E-state index < -0.39 is 0 Å². The third kappa shape index (κ3) is 5.72. The normalized spacial score (nSPS) is 16.0. The Labute approximate surface area is 227 Å². The lowest BCUT2D eigenvalue weighted by Gasteiger charge is -2.39. The monoisotopic (exact) mass is 518 g/mol. The maximum Gasteiger partial charge on any atom is 0.267 e. The van der Waals surface area contributed by atoms with E-state index in [4.69, 9.17) is 0 Å². The van der Waals surface area contributed by atoms with Gasteiger partial charge in [0, 0.05) is 63.0 Å². The minimum atomic E-state index is -0.189. The molecule has 9 heteroatoms. The highest BCUT2D eigenvalue weighted by atomic mass is 16.1. The van der Waals surface area contributed by atoms with Crippen LogP contribution >= 0.6 is 0 Å². The fraction of sp³-hybridized carbons (Fsp3) is 0.300. The highest BCUT2D eigenvalue weighted by Gasteiger charge is 2.23. The zero-order valence-corrected chi connectivity index (χ0v) is 21.7. The van der Waals surface area contributed by atoms with Crippen molar-refractivity contribution >= 4 is 5.69 Å². The lowest BCUT2D eigenvalue weighted by atomic mass is 10.0. The summed E-state index contributed by atoms with van der Waals surface area (Å²) in [6.07, 6.45) is 3.82. The summed E-state index contributed by atoms with van der Waals surface area (Å²) < 4.78 is 1.44. The molecule has 0 saturated carbocycles. The summed E-state index contributed by atoms with van der Waals surface area (Å²) in [7, 11) is 0. The summed E-state index contributed by atoms with van der Waals surface area (Å²) in [6, 6.07) is 20.4. The van der Waals surface area contributed by atoms with Crippen molar-refractivity contribution in [3.05, 3.63) is 94.5 Å². The van der Waals surface area contributed by atoms with Crippen LogP contribution in [0, 0.1) is 17.2 Å². The van der Waals surface area contributed by atoms with E-state index in [-0.39, 0.29) is 5.56 Å². The molecule has 4 heterocycles. The van der Waals surface area contributed by atoms with Gasteiger partial charge in [-0.15, -0.1) is 0 Å². The summed E-state index contributed by atoms with van der Waals surface area (Å²) in [6.45, 7) is 7.91. The van der Waals surface area contributed by atoms with Gasteiger partial charge in [-0.3, -0.25) is 9.69 Å². The number of hydrogen-bond donors (Lipinski definition) is 1. The predicted octanol–water partition coefficient (Wildman–Crippen LogP) is 2.63. The fourth-order valence-corrected chi connectivity index (χ4v) is 5.11. The van der Waals surface area contributed by atoms with E-state index in [2.05, 4.69) is 36.3 Å². The minimum absolute atomic E-state index is 0.189. The molecule has 0 bridgehead atoms. The molecule has 2 aliphatic rings. The fourth-order valence-electron chi connectivity index (χ4n) is 5.11. The van der Waals surface area contributed by atoms with Gasteiger partial charge in [0.1, 0.15) is 0 Å². The van der Waals surface area contributed by atoms with Crippen LogP contribution in [0.4, 0.5) is 5.69 Å². The molecule has 2 aromatic carbocycles. The van der Waals surface area contributed by atoms with Crippen molar-refractivity contribution in [3.63, 3.8) is 0 Å². The first-order chi connectivity index (χ1) is 19.1. The second kappa shape index (κ2) is 11.2. The van der Waals surface area contributed by atoms with Crippen molar-refractivity contribution < 1.29 is 0 Å². The van der Waals surface area contributed by atoms with E-state index >= 15 is 0 Å². The van der Waals surface area contributed by atoms with Crippen LogP contribution in [0.5, 0.6) is 0 Å². The Hall–Kier alpha value is -4.39. The van der Waals surface area contributed by atoms with Gasteiger partial charge in [-0.1, -0.05) is 30.3 Å². The summed E-state index contributed by atoms with van der Waals surface area (Å²) in [5, 5.41) is 17.1. The van der Waals surface area contributed by atoms with Crippen LogP contribution in [0.25, 0.3) is 22.6 Å². The molecule has 2 fully saturated rings. The zero-order valence-electron chi connectivity index (χ0n) is 21.7. The van der Waals surface area contributed by atoms with Crippen LogP contribution in [0.2, 0.25) is 0 Å². The molecule has 2 saturated heterocycles. The Morgan fingerprint density at radius 1 is 0.923 bits per heavy atom. The zero-order chi connectivity index (χ0) is 26.6. The summed E-state index contributed by atoms with van der Waals surface area (Å²) in [4.78, 5) is 26.8. The van der Waals surface area contributed by atoms with Crippen LogP contribution in [-0.2, 0) is 6.54 Å². The largest absolute Gasteiger partial charge is 0.366 e. The van der Waals surface area contributed by atoms with Gasteiger partial charge < -0.3 is 10.2 Å². The van der Waals surface area contributed by atoms with Crippen LogP contribution in [0.1, 0.15) is 11.1 Å². The standard InChI is InChI=1S/C30H30N8O/c31-15-22-3-1-5-25(13-22)28-7-8-29(39)38(35-28)21-23-4-2-6-26(14-23)30-33-18-27(19-34-30)37-11-9-36(10-12-37)20-24-16-32-17-24/h1-8,13-14,18-19,24,32H,9-12,16-17,20-21H2. The highest BCUT2D eigenvalue weighted by Crippen LogP contribution is 2.21. The van der Waals surface area contributed by atoms with Gasteiger partial charge in [-0.05, 0) is 35.7 Å². The maximum absolute atomic E-state index is 12.6. The number of hydrogen-bond acceptors (Lipinski definition) is 8. The number of nitrogens with zero attached hydrogens (tertiary/aromatic N) is 7. The van der Waals surface area contributed by atoms with E-state index in [1.807, 2.05) is 48.8 Å². The molecule has 2 aromatic heterocycles. The Bertz CT molecular complexity index is 1550. The number of nitriles is 1. The van der Waals surface area contributed by atoms with Gasteiger partial charge >= 0.3 is 0 Å². The van der Waals surface area contributed by atoms with Gasteiger partial charge in [-0.25, -0.2) is 14.6 Å². The Kier molecular flexibility index (Phi) is 7.13. The van der Waals surface area contributed by atoms with E-state index in [1.54, 1.807) is 18.2 Å². The van der Waals surface area contributed by atoms with Gasteiger partial charge in [0.05, 0.1) is 42.0 Å². The molecule has 2 aliphatic heterocycles. The van der Waals surface area contributed by atoms with Crippen molar-refractivity contribution in [1.82, 2.24) is 30.0 Å². The van der Waals surface area contributed by atoms with Gasteiger partial charge in [0.2, 0.25) is 0 Å².